The molecular weight excluding hydrogens is 214 g/mol. The molecule has 3 nitrogen and oxygen atoms in total. The number of ether oxygens (including phenoxy) is 1. The van der Waals surface area contributed by atoms with Crippen LogP contribution in [0.25, 0.3) is 0 Å². The Morgan fingerprint density at radius 2 is 2.00 bits per heavy atom. The Bertz CT molecular complexity index is 335. The molecule has 1 aliphatic rings. The zero-order chi connectivity index (χ0) is 11.9. The molecule has 0 spiro atoms. The molecule has 0 amide bonds. The van der Waals surface area contributed by atoms with Crippen LogP contribution in [0.4, 0.5) is 0 Å². The molecule has 0 aromatic heterocycles. The average molecular weight is 235 g/mol. The van der Waals surface area contributed by atoms with E-state index in [1.165, 1.54) is 18.4 Å². The van der Waals surface area contributed by atoms with E-state index in [0.29, 0.717) is 0 Å². The number of rotatable bonds is 5. The Kier molecular flexibility index (Phi) is 4.98. The zero-order valence-corrected chi connectivity index (χ0v) is 10.2. The molecule has 0 atom stereocenters. The van der Waals surface area contributed by atoms with Crippen molar-refractivity contribution in [1.29, 1.82) is 0 Å². The van der Waals surface area contributed by atoms with E-state index in [1.807, 2.05) is 12.1 Å². The van der Waals surface area contributed by atoms with Gasteiger partial charge in [0.15, 0.2) is 0 Å². The van der Waals surface area contributed by atoms with Crippen LogP contribution in [0.1, 0.15) is 24.0 Å². The van der Waals surface area contributed by atoms with Crippen LogP contribution in [-0.2, 0) is 17.9 Å². The lowest BCUT2D eigenvalue weighted by Crippen LogP contribution is -2.27. The third-order valence-corrected chi connectivity index (χ3v) is 3.28. The second-order valence-electron chi connectivity index (χ2n) is 4.66. The van der Waals surface area contributed by atoms with Gasteiger partial charge < -0.3 is 15.2 Å². The average Bonchev–Trinajstić information content (AvgIpc) is 2.40. The molecule has 1 aromatic carbocycles. The highest BCUT2D eigenvalue weighted by atomic mass is 16.5. The van der Waals surface area contributed by atoms with E-state index >= 15 is 0 Å². The van der Waals surface area contributed by atoms with Crippen LogP contribution in [0.3, 0.4) is 0 Å². The summed E-state index contributed by atoms with van der Waals surface area (Å²) in [7, 11) is 0. The largest absolute Gasteiger partial charge is 0.392 e. The van der Waals surface area contributed by atoms with Gasteiger partial charge in [-0.05, 0) is 36.4 Å². The Balaban J connectivity index is 1.73. The first-order chi connectivity index (χ1) is 8.38. The Morgan fingerprint density at radius 1 is 1.24 bits per heavy atom. The van der Waals surface area contributed by atoms with Gasteiger partial charge in [-0.1, -0.05) is 24.3 Å². The van der Waals surface area contributed by atoms with Crippen LogP contribution >= 0.6 is 0 Å². The zero-order valence-electron chi connectivity index (χ0n) is 10.2. The first-order valence-electron chi connectivity index (χ1n) is 6.35. The highest BCUT2D eigenvalue weighted by molar-refractivity contribution is 5.22. The molecule has 0 bridgehead atoms. The number of aliphatic hydroxyl groups excluding tert-OH is 1. The molecule has 1 aliphatic heterocycles. The second-order valence-corrected chi connectivity index (χ2v) is 4.66. The number of nitrogens with one attached hydrogen (secondary N) is 1. The van der Waals surface area contributed by atoms with Crippen LogP contribution in [0.5, 0.6) is 0 Å². The fourth-order valence-electron chi connectivity index (χ4n) is 2.21. The molecule has 0 unspecified atom stereocenters. The van der Waals surface area contributed by atoms with Crippen molar-refractivity contribution in [3.8, 4) is 0 Å². The lowest BCUT2D eigenvalue weighted by Gasteiger charge is -2.22. The van der Waals surface area contributed by atoms with Gasteiger partial charge in [-0.15, -0.1) is 0 Å². The minimum absolute atomic E-state index is 0.119. The fraction of sp³-hybridized carbons (Fsp3) is 0.571. The standard InChI is InChI=1S/C14H21NO2/c16-11-14-3-1-2-13(8-14)10-15-9-12-4-6-17-7-5-12/h1-3,8,12,15-16H,4-7,9-11H2. The topological polar surface area (TPSA) is 41.5 Å². The van der Waals surface area contributed by atoms with Crippen molar-refractivity contribution in [2.24, 2.45) is 5.92 Å². The van der Waals surface area contributed by atoms with Crippen LogP contribution < -0.4 is 5.32 Å². The highest BCUT2D eigenvalue weighted by Crippen LogP contribution is 2.13. The van der Waals surface area contributed by atoms with E-state index in [1.54, 1.807) is 0 Å². The van der Waals surface area contributed by atoms with E-state index in [2.05, 4.69) is 17.4 Å². The lowest BCUT2D eigenvalue weighted by atomic mass is 10.0. The number of hydrogen-bond acceptors (Lipinski definition) is 3. The summed E-state index contributed by atoms with van der Waals surface area (Å²) in [6.07, 6.45) is 2.34. The normalized spacial score (nSPS) is 17.2. The molecule has 2 rings (SSSR count). The third-order valence-electron chi connectivity index (χ3n) is 3.28. The maximum absolute atomic E-state index is 9.06. The highest BCUT2D eigenvalue weighted by Gasteiger charge is 2.12. The molecule has 0 radical (unpaired) electrons. The summed E-state index contributed by atoms with van der Waals surface area (Å²) in [5.74, 6) is 0.754. The summed E-state index contributed by atoms with van der Waals surface area (Å²) in [5.41, 5.74) is 2.22. The van der Waals surface area contributed by atoms with Crippen molar-refractivity contribution in [3.05, 3.63) is 35.4 Å². The first kappa shape index (κ1) is 12.6. The first-order valence-corrected chi connectivity index (χ1v) is 6.35. The summed E-state index contributed by atoms with van der Waals surface area (Å²) >= 11 is 0. The van der Waals surface area contributed by atoms with Crippen molar-refractivity contribution < 1.29 is 9.84 Å². The molecule has 1 heterocycles. The molecule has 17 heavy (non-hydrogen) atoms. The minimum Gasteiger partial charge on any atom is -0.392 e. The Labute approximate surface area is 103 Å². The summed E-state index contributed by atoms with van der Waals surface area (Å²) in [4.78, 5) is 0. The molecule has 0 saturated carbocycles. The third kappa shape index (κ3) is 4.11. The van der Waals surface area contributed by atoms with E-state index in [9.17, 15) is 0 Å². The SMILES string of the molecule is OCc1cccc(CNCC2CCOCC2)c1. The molecular formula is C14H21NO2. The number of aliphatic hydroxyl groups is 1. The predicted octanol–water partition coefficient (Wildman–Crippen LogP) is 1.70. The van der Waals surface area contributed by atoms with Gasteiger partial charge in [0.05, 0.1) is 6.61 Å². The fourth-order valence-corrected chi connectivity index (χ4v) is 2.21. The van der Waals surface area contributed by atoms with Gasteiger partial charge in [-0.3, -0.25) is 0 Å². The van der Waals surface area contributed by atoms with Gasteiger partial charge in [-0.2, -0.15) is 0 Å². The maximum Gasteiger partial charge on any atom is 0.0681 e. The summed E-state index contributed by atoms with van der Waals surface area (Å²) in [6, 6.07) is 8.09. The smallest absolute Gasteiger partial charge is 0.0681 e. The number of benzene rings is 1. The maximum atomic E-state index is 9.06. The van der Waals surface area contributed by atoms with Gasteiger partial charge in [-0.25, -0.2) is 0 Å². The van der Waals surface area contributed by atoms with E-state index in [0.717, 1.165) is 37.8 Å². The van der Waals surface area contributed by atoms with E-state index in [-0.39, 0.29) is 6.61 Å². The molecule has 0 aliphatic carbocycles. The van der Waals surface area contributed by atoms with Gasteiger partial charge in [0.2, 0.25) is 0 Å². The van der Waals surface area contributed by atoms with Crippen LogP contribution in [-0.4, -0.2) is 24.9 Å². The van der Waals surface area contributed by atoms with Gasteiger partial charge in [0, 0.05) is 19.8 Å². The van der Waals surface area contributed by atoms with Gasteiger partial charge >= 0.3 is 0 Å². The molecule has 3 heteroatoms. The van der Waals surface area contributed by atoms with Crippen molar-refractivity contribution in [2.45, 2.75) is 26.0 Å². The summed E-state index contributed by atoms with van der Waals surface area (Å²) in [5, 5.41) is 12.5. The van der Waals surface area contributed by atoms with Crippen LogP contribution in [0.15, 0.2) is 24.3 Å². The van der Waals surface area contributed by atoms with Crippen LogP contribution in [0.2, 0.25) is 0 Å². The molecule has 1 saturated heterocycles. The lowest BCUT2D eigenvalue weighted by molar-refractivity contribution is 0.0662. The molecule has 2 N–H and O–H groups in total. The summed E-state index contributed by atoms with van der Waals surface area (Å²) in [6.45, 7) is 3.88. The van der Waals surface area contributed by atoms with E-state index in [4.69, 9.17) is 9.84 Å². The summed E-state index contributed by atoms with van der Waals surface area (Å²) < 4.78 is 5.34. The van der Waals surface area contributed by atoms with Crippen molar-refractivity contribution >= 4 is 0 Å². The predicted molar refractivity (Wildman–Crippen MR) is 67.6 cm³/mol. The Hall–Kier alpha value is -0.900. The van der Waals surface area contributed by atoms with Crippen molar-refractivity contribution in [3.63, 3.8) is 0 Å². The van der Waals surface area contributed by atoms with Crippen molar-refractivity contribution in [2.75, 3.05) is 19.8 Å². The molecule has 1 aromatic rings. The van der Waals surface area contributed by atoms with Crippen molar-refractivity contribution in [1.82, 2.24) is 5.32 Å². The minimum atomic E-state index is 0.119. The monoisotopic (exact) mass is 235 g/mol. The Morgan fingerprint density at radius 3 is 2.76 bits per heavy atom. The molecule has 1 fully saturated rings. The number of hydrogen-bond donors (Lipinski definition) is 2. The van der Waals surface area contributed by atoms with Gasteiger partial charge in [0.25, 0.3) is 0 Å². The second kappa shape index (κ2) is 6.74. The molecule has 94 valence electrons. The van der Waals surface area contributed by atoms with Gasteiger partial charge in [0.1, 0.15) is 0 Å². The quantitative estimate of drug-likeness (QED) is 0.816. The van der Waals surface area contributed by atoms with E-state index < -0.39 is 0 Å². The van der Waals surface area contributed by atoms with Crippen LogP contribution in [0, 0.1) is 5.92 Å².